The van der Waals surface area contributed by atoms with E-state index in [0.717, 1.165) is 24.8 Å². The Morgan fingerprint density at radius 1 is 1.07 bits per heavy atom. The summed E-state index contributed by atoms with van der Waals surface area (Å²) in [5.74, 6) is -1.03. The van der Waals surface area contributed by atoms with Gasteiger partial charge in [-0.3, -0.25) is 4.79 Å². The molecule has 0 aromatic heterocycles. The topological polar surface area (TPSA) is 84.6 Å². The van der Waals surface area contributed by atoms with E-state index in [1.165, 1.54) is 25.7 Å². The van der Waals surface area contributed by atoms with Crippen LogP contribution >= 0.6 is 0 Å². The van der Waals surface area contributed by atoms with Crippen molar-refractivity contribution in [3.63, 3.8) is 0 Å². The molecule has 5 heteroatoms. The Kier molecular flexibility index (Phi) is 13.1. The van der Waals surface area contributed by atoms with E-state index in [9.17, 15) is 9.90 Å². The lowest BCUT2D eigenvalue weighted by Crippen LogP contribution is -2.50. The highest BCUT2D eigenvalue weighted by Gasteiger charge is 2.26. The molecular weight excluding hydrogens is 376 g/mol. The van der Waals surface area contributed by atoms with Crippen molar-refractivity contribution < 1.29 is 14.6 Å². The predicted octanol–water partition coefficient (Wildman–Crippen LogP) is 4.71. The lowest BCUT2D eigenvalue weighted by Gasteiger charge is -2.29. The number of benzene rings is 1. The van der Waals surface area contributed by atoms with Crippen molar-refractivity contribution in [3.8, 4) is 0 Å². The molecule has 0 aliphatic heterocycles. The number of rotatable bonds is 17. The van der Waals surface area contributed by atoms with Gasteiger partial charge in [0.2, 0.25) is 0 Å². The van der Waals surface area contributed by atoms with Crippen molar-refractivity contribution in [3.05, 3.63) is 35.9 Å². The molecular formula is C25H44N2O3. The number of carbonyl (C=O) groups is 1. The number of Topliss-reactive ketones (excluding diaryl/α,β-unsaturated/α-hetero) is 1. The third kappa shape index (κ3) is 11.8. The quantitative estimate of drug-likeness (QED) is 0.251. The van der Waals surface area contributed by atoms with Crippen LogP contribution in [0, 0.1) is 0 Å². The summed E-state index contributed by atoms with van der Waals surface area (Å²) in [5, 5.41) is 13.5. The number of ketones is 1. The van der Waals surface area contributed by atoms with E-state index in [1.54, 1.807) is 13.8 Å². The van der Waals surface area contributed by atoms with Gasteiger partial charge in [-0.25, -0.2) is 0 Å². The van der Waals surface area contributed by atoms with E-state index in [-0.39, 0.29) is 24.0 Å². The predicted molar refractivity (Wildman–Crippen MR) is 124 cm³/mol. The SMILES string of the molecule is CCCCCCCC(CCC(N)C(NCc1ccccc1)C(=O)CC)OC(C)(C)O. The van der Waals surface area contributed by atoms with Crippen molar-refractivity contribution in [1.29, 1.82) is 0 Å². The van der Waals surface area contributed by atoms with E-state index in [0.29, 0.717) is 19.4 Å². The Labute approximate surface area is 183 Å². The van der Waals surface area contributed by atoms with Gasteiger partial charge in [0.25, 0.3) is 0 Å². The lowest BCUT2D eigenvalue weighted by atomic mass is 9.95. The van der Waals surface area contributed by atoms with E-state index in [4.69, 9.17) is 10.5 Å². The summed E-state index contributed by atoms with van der Waals surface area (Å²) in [6.07, 6.45) is 8.71. The fourth-order valence-corrected chi connectivity index (χ4v) is 3.74. The lowest BCUT2D eigenvalue weighted by molar-refractivity contribution is -0.208. The molecule has 5 nitrogen and oxygen atoms in total. The molecule has 0 saturated carbocycles. The average Bonchev–Trinajstić information content (AvgIpc) is 2.71. The second kappa shape index (κ2) is 14.7. The molecule has 3 unspecified atom stereocenters. The van der Waals surface area contributed by atoms with Crippen LogP contribution in [0.3, 0.4) is 0 Å². The molecule has 0 saturated heterocycles. The fourth-order valence-electron chi connectivity index (χ4n) is 3.74. The fraction of sp³-hybridized carbons (Fsp3) is 0.720. The Bertz CT molecular complexity index is 572. The van der Waals surface area contributed by atoms with Crippen molar-refractivity contribution in [2.45, 2.75) is 116 Å². The maximum atomic E-state index is 12.5. The third-order valence-electron chi connectivity index (χ3n) is 5.40. The second-order valence-corrected chi connectivity index (χ2v) is 8.79. The van der Waals surface area contributed by atoms with Gasteiger partial charge in [-0.15, -0.1) is 0 Å². The summed E-state index contributed by atoms with van der Waals surface area (Å²) in [6.45, 7) is 8.04. The van der Waals surface area contributed by atoms with Gasteiger partial charge in [0, 0.05) is 19.0 Å². The van der Waals surface area contributed by atoms with E-state index in [2.05, 4.69) is 12.2 Å². The van der Waals surface area contributed by atoms with Gasteiger partial charge in [-0.05, 0) is 38.7 Å². The minimum atomic E-state index is -1.16. The van der Waals surface area contributed by atoms with Crippen LogP contribution in [0.1, 0.15) is 91.0 Å². The van der Waals surface area contributed by atoms with E-state index < -0.39 is 5.79 Å². The van der Waals surface area contributed by atoms with Crippen molar-refractivity contribution in [1.82, 2.24) is 5.32 Å². The number of hydrogen-bond acceptors (Lipinski definition) is 5. The summed E-state index contributed by atoms with van der Waals surface area (Å²) in [7, 11) is 0. The minimum Gasteiger partial charge on any atom is -0.366 e. The average molecular weight is 421 g/mol. The maximum absolute atomic E-state index is 12.5. The van der Waals surface area contributed by atoms with Crippen molar-refractivity contribution in [2.75, 3.05) is 0 Å². The monoisotopic (exact) mass is 420 g/mol. The first kappa shape index (κ1) is 26.8. The smallest absolute Gasteiger partial charge is 0.160 e. The highest BCUT2D eigenvalue weighted by molar-refractivity contribution is 5.84. The Hall–Kier alpha value is -1.27. The van der Waals surface area contributed by atoms with Gasteiger partial charge in [0.15, 0.2) is 11.6 Å². The summed E-state index contributed by atoms with van der Waals surface area (Å²) >= 11 is 0. The van der Waals surface area contributed by atoms with Gasteiger partial charge in [0.1, 0.15) is 0 Å². The van der Waals surface area contributed by atoms with Gasteiger partial charge in [-0.2, -0.15) is 0 Å². The molecule has 0 radical (unpaired) electrons. The number of ether oxygens (including phenoxy) is 1. The van der Waals surface area contributed by atoms with E-state index >= 15 is 0 Å². The number of nitrogens with two attached hydrogens (primary N) is 1. The van der Waals surface area contributed by atoms with Gasteiger partial charge in [-0.1, -0.05) is 76.3 Å². The molecule has 0 aliphatic rings. The number of unbranched alkanes of at least 4 members (excludes halogenated alkanes) is 4. The molecule has 0 bridgehead atoms. The molecule has 1 aromatic rings. The number of hydrogen-bond donors (Lipinski definition) is 3. The Morgan fingerprint density at radius 3 is 2.33 bits per heavy atom. The van der Waals surface area contributed by atoms with Crippen LogP contribution in [0.25, 0.3) is 0 Å². The summed E-state index contributed by atoms with van der Waals surface area (Å²) in [4.78, 5) is 12.5. The minimum absolute atomic E-state index is 0.0517. The number of nitrogens with one attached hydrogen (secondary N) is 1. The number of carbonyl (C=O) groups excluding carboxylic acids is 1. The molecule has 0 spiro atoms. The molecule has 0 amide bonds. The molecule has 1 aromatic carbocycles. The molecule has 0 heterocycles. The normalized spacial score (nSPS) is 15.0. The first-order chi connectivity index (χ1) is 14.3. The van der Waals surface area contributed by atoms with Crippen LogP contribution in [0.15, 0.2) is 30.3 Å². The zero-order valence-corrected chi connectivity index (χ0v) is 19.5. The molecule has 0 aliphatic carbocycles. The van der Waals surface area contributed by atoms with Crippen molar-refractivity contribution >= 4 is 5.78 Å². The Balaban J connectivity index is 2.61. The zero-order valence-electron chi connectivity index (χ0n) is 19.5. The molecule has 4 N–H and O–H groups in total. The summed E-state index contributed by atoms with van der Waals surface area (Å²) in [5.41, 5.74) is 7.60. The largest absolute Gasteiger partial charge is 0.366 e. The van der Waals surface area contributed by atoms with Crippen LogP contribution in [-0.2, 0) is 16.1 Å². The Morgan fingerprint density at radius 2 is 1.73 bits per heavy atom. The highest BCUT2D eigenvalue weighted by Crippen LogP contribution is 2.20. The van der Waals surface area contributed by atoms with Crippen LogP contribution in [0.5, 0.6) is 0 Å². The summed E-state index contributed by atoms with van der Waals surface area (Å²) in [6, 6.07) is 9.39. The van der Waals surface area contributed by atoms with Crippen LogP contribution < -0.4 is 11.1 Å². The van der Waals surface area contributed by atoms with Crippen LogP contribution in [0.4, 0.5) is 0 Å². The number of aliphatic hydroxyl groups is 1. The van der Waals surface area contributed by atoms with Gasteiger partial charge < -0.3 is 20.9 Å². The second-order valence-electron chi connectivity index (χ2n) is 8.79. The molecule has 1 rings (SSSR count). The standard InChI is InChI=1S/C25H44N2O3/c1-5-7-8-9-13-16-21(30-25(3,4)29)17-18-22(26)24(23(28)6-2)27-19-20-14-11-10-12-15-20/h10-12,14-15,21-22,24,27,29H,5-9,13,16-19,26H2,1-4H3. The van der Waals surface area contributed by atoms with Crippen LogP contribution in [-0.4, -0.2) is 34.9 Å². The first-order valence-corrected chi connectivity index (χ1v) is 11.7. The van der Waals surface area contributed by atoms with Crippen LogP contribution in [0.2, 0.25) is 0 Å². The maximum Gasteiger partial charge on any atom is 0.160 e. The highest BCUT2D eigenvalue weighted by atomic mass is 16.6. The van der Waals surface area contributed by atoms with Crippen molar-refractivity contribution in [2.24, 2.45) is 5.73 Å². The molecule has 3 atom stereocenters. The molecule has 30 heavy (non-hydrogen) atoms. The zero-order chi connectivity index (χ0) is 22.4. The summed E-state index contributed by atoms with van der Waals surface area (Å²) < 4.78 is 5.89. The van der Waals surface area contributed by atoms with Gasteiger partial charge >= 0.3 is 0 Å². The third-order valence-corrected chi connectivity index (χ3v) is 5.40. The first-order valence-electron chi connectivity index (χ1n) is 11.7. The molecule has 0 fully saturated rings. The van der Waals surface area contributed by atoms with E-state index in [1.807, 2.05) is 37.3 Å². The van der Waals surface area contributed by atoms with Gasteiger partial charge in [0.05, 0.1) is 12.1 Å². The molecule has 172 valence electrons.